The maximum absolute atomic E-state index is 11.8. The van der Waals surface area contributed by atoms with Gasteiger partial charge in [0.1, 0.15) is 5.78 Å². The predicted octanol–water partition coefficient (Wildman–Crippen LogP) is 0.747. The number of ketones is 1. The Balaban J connectivity index is 2.08. The van der Waals surface area contributed by atoms with E-state index in [1.165, 1.54) is 0 Å². The van der Waals surface area contributed by atoms with Gasteiger partial charge in [0.2, 0.25) is 5.91 Å². The number of amides is 1. The molecule has 84 valence electrons. The van der Waals surface area contributed by atoms with E-state index in [2.05, 4.69) is 6.92 Å². The zero-order valence-electron chi connectivity index (χ0n) is 9.12. The molecule has 2 saturated heterocycles. The Morgan fingerprint density at radius 2 is 2.20 bits per heavy atom. The predicted molar refractivity (Wildman–Crippen MR) is 54.4 cm³/mol. The third-order valence-electron chi connectivity index (χ3n) is 3.33. The van der Waals surface area contributed by atoms with Gasteiger partial charge in [-0.2, -0.15) is 0 Å². The standard InChI is InChI=1S/C11H17NO3/c1-11(4-2-6-15-8-11)12-5-3-9(13)7-10(12)14/h2-8H2,1H3. The van der Waals surface area contributed by atoms with Crippen LogP contribution in [0.3, 0.4) is 0 Å². The smallest absolute Gasteiger partial charge is 0.230 e. The van der Waals surface area contributed by atoms with E-state index in [4.69, 9.17) is 4.74 Å². The summed E-state index contributed by atoms with van der Waals surface area (Å²) in [5.74, 6) is 0.0378. The molecule has 2 fully saturated rings. The van der Waals surface area contributed by atoms with Crippen molar-refractivity contribution in [1.29, 1.82) is 0 Å². The first-order valence-electron chi connectivity index (χ1n) is 5.52. The quantitative estimate of drug-likeness (QED) is 0.601. The van der Waals surface area contributed by atoms with Gasteiger partial charge in [0.05, 0.1) is 18.6 Å². The molecule has 0 N–H and O–H groups in total. The second-order valence-electron chi connectivity index (χ2n) is 4.66. The molecule has 0 radical (unpaired) electrons. The first-order chi connectivity index (χ1) is 7.12. The van der Waals surface area contributed by atoms with E-state index in [-0.39, 0.29) is 23.7 Å². The summed E-state index contributed by atoms with van der Waals surface area (Å²) in [6, 6.07) is 0. The van der Waals surface area contributed by atoms with E-state index in [1.807, 2.05) is 4.90 Å². The number of piperidine rings is 1. The van der Waals surface area contributed by atoms with Crippen LogP contribution in [0.25, 0.3) is 0 Å². The summed E-state index contributed by atoms with van der Waals surface area (Å²) in [6.07, 6.45) is 2.55. The third-order valence-corrected chi connectivity index (χ3v) is 3.33. The molecule has 2 rings (SSSR count). The Morgan fingerprint density at radius 3 is 2.80 bits per heavy atom. The zero-order valence-corrected chi connectivity index (χ0v) is 9.12. The normalized spacial score (nSPS) is 33.3. The maximum Gasteiger partial charge on any atom is 0.230 e. The van der Waals surface area contributed by atoms with Crippen LogP contribution in [0.1, 0.15) is 32.6 Å². The highest BCUT2D eigenvalue weighted by Crippen LogP contribution is 2.28. The van der Waals surface area contributed by atoms with Crippen molar-refractivity contribution in [3.8, 4) is 0 Å². The lowest BCUT2D eigenvalue weighted by atomic mass is 9.90. The molecule has 0 saturated carbocycles. The minimum absolute atomic E-state index is 0.0285. The van der Waals surface area contributed by atoms with Crippen molar-refractivity contribution in [2.45, 2.75) is 38.1 Å². The first-order valence-corrected chi connectivity index (χ1v) is 5.52. The number of rotatable bonds is 1. The van der Waals surface area contributed by atoms with E-state index in [0.29, 0.717) is 19.6 Å². The second kappa shape index (κ2) is 3.93. The number of hydrogen-bond acceptors (Lipinski definition) is 3. The number of likely N-dealkylation sites (tertiary alicyclic amines) is 1. The minimum Gasteiger partial charge on any atom is -0.379 e. The molecule has 4 heteroatoms. The molecule has 4 nitrogen and oxygen atoms in total. The number of Topliss-reactive ketones (excluding diaryl/α,β-unsaturated/α-hetero) is 1. The zero-order chi connectivity index (χ0) is 10.9. The highest BCUT2D eigenvalue weighted by molar-refractivity contribution is 6.00. The molecular weight excluding hydrogens is 194 g/mol. The second-order valence-corrected chi connectivity index (χ2v) is 4.66. The molecule has 0 bridgehead atoms. The summed E-state index contributed by atoms with van der Waals surface area (Å²) < 4.78 is 5.43. The van der Waals surface area contributed by atoms with Crippen LogP contribution >= 0.6 is 0 Å². The van der Waals surface area contributed by atoms with Gasteiger partial charge in [-0.1, -0.05) is 0 Å². The Morgan fingerprint density at radius 1 is 1.40 bits per heavy atom. The largest absolute Gasteiger partial charge is 0.379 e. The van der Waals surface area contributed by atoms with Crippen LogP contribution in [-0.4, -0.2) is 41.9 Å². The summed E-state index contributed by atoms with van der Waals surface area (Å²) in [4.78, 5) is 24.7. The van der Waals surface area contributed by atoms with Crippen molar-refractivity contribution in [3.05, 3.63) is 0 Å². The number of hydrogen-bond donors (Lipinski definition) is 0. The summed E-state index contributed by atoms with van der Waals surface area (Å²) in [7, 11) is 0. The van der Waals surface area contributed by atoms with Gasteiger partial charge in [0.15, 0.2) is 0 Å². The number of carbonyl (C=O) groups excluding carboxylic acids is 2. The van der Waals surface area contributed by atoms with Crippen LogP contribution in [0.5, 0.6) is 0 Å². The highest BCUT2D eigenvalue weighted by atomic mass is 16.5. The third kappa shape index (κ3) is 2.04. The fraction of sp³-hybridized carbons (Fsp3) is 0.818. The van der Waals surface area contributed by atoms with Crippen molar-refractivity contribution in [2.75, 3.05) is 19.8 Å². The molecule has 1 amide bonds. The number of carbonyl (C=O) groups is 2. The van der Waals surface area contributed by atoms with Gasteiger partial charge in [0, 0.05) is 19.6 Å². The molecular formula is C11H17NO3. The molecule has 0 spiro atoms. The lowest BCUT2D eigenvalue weighted by Crippen LogP contribution is -2.57. The summed E-state index contributed by atoms with van der Waals surface area (Å²) >= 11 is 0. The molecule has 1 unspecified atom stereocenters. The molecule has 0 aromatic carbocycles. The molecule has 1 atom stereocenters. The lowest BCUT2D eigenvalue weighted by molar-refractivity contribution is -0.150. The van der Waals surface area contributed by atoms with Gasteiger partial charge in [-0.3, -0.25) is 9.59 Å². The van der Waals surface area contributed by atoms with Crippen molar-refractivity contribution in [3.63, 3.8) is 0 Å². The highest BCUT2D eigenvalue weighted by Gasteiger charge is 2.39. The average molecular weight is 211 g/mol. The van der Waals surface area contributed by atoms with Crippen molar-refractivity contribution >= 4 is 11.7 Å². The van der Waals surface area contributed by atoms with Crippen LogP contribution in [0, 0.1) is 0 Å². The Kier molecular flexibility index (Phi) is 2.78. The summed E-state index contributed by atoms with van der Waals surface area (Å²) in [5.41, 5.74) is -0.184. The van der Waals surface area contributed by atoms with Gasteiger partial charge in [-0.05, 0) is 19.8 Å². The van der Waals surface area contributed by atoms with Gasteiger partial charge in [-0.25, -0.2) is 0 Å². The Labute approximate surface area is 89.6 Å². The van der Waals surface area contributed by atoms with Gasteiger partial charge in [0.25, 0.3) is 0 Å². The van der Waals surface area contributed by atoms with E-state index in [0.717, 1.165) is 19.4 Å². The molecule has 0 aromatic rings. The van der Waals surface area contributed by atoms with Crippen molar-refractivity contribution < 1.29 is 14.3 Å². The van der Waals surface area contributed by atoms with Crippen LogP contribution in [-0.2, 0) is 14.3 Å². The van der Waals surface area contributed by atoms with Crippen molar-refractivity contribution in [2.24, 2.45) is 0 Å². The Hall–Kier alpha value is -0.900. The summed E-state index contributed by atoms with van der Waals surface area (Å²) in [6.45, 7) is 4.01. The number of ether oxygens (including phenoxy) is 1. The van der Waals surface area contributed by atoms with E-state index in [1.54, 1.807) is 0 Å². The van der Waals surface area contributed by atoms with Crippen LogP contribution in [0.4, 0.5) is 0 Å². The Bertz CT molecular complexity index is 282. The molecule has 15 heavy (non-hydrogen) atoms. The van der Waals surface area contributed by atoms with Gasteiger partial charge < -0.3 is 9.64 Å². The molecule has 2 aliphatic rings. The van der Waals surface area contributed by atoms with E-state index in [9.17, 15) is 9.59 Å². The molecule has 2 aliphatic heterocycles. The SMILES string of the molecule is CC1(N2CCC(=O)CC2=O)CCCOC1. The minimum atomic E-state index is -0.184. The van der Waals surface area contributed by atoms with Crippen LogP contribution < -0.4 is 0 Å². The average Bonchev–Trinajstić information content (AvgIpc) is 2.18. The fourth-order valence-corrected chi connectivity index (χ4v) is 2.42. The number of nitrogens with zero attached hydrogens (tertiary/aromatic N) is 1. The first kappa shape index (κ1) is 10.6. The molecule has 0 aromatic heterocycles. The van der Waals surface area contributed by atoms with E-state index >= 15 is 0 Å². The monoisotopic (exact) mass is 211 g/mol. The topological polar surface area (TPSA) is 46.6 Å². The molecule has 0 aliphatic carbocycles. The maximum atomic E-state index is 11.8. The van der Waals surface area contributed by atoms with Crippen LogP contribution in [0.2, 0.25) is 0 Å². The van der Waals surface area contributed by atoms with E-state index < -0.39 is 0 Å². The molecule has 2 heterocycles. The lowest BCUT2D eigenvalue weighted by Gasteiger charge is -2.45. The van der Waals surface area contributed by atoms with Gasteiger partial charge in [-0.15, -0.1) is 0 Å². The van der Waals surface area contributed by atoms with Crippen LogP contribution in [0.15, 0.2) is 0 Å². The van der Waals surface area contributed by atoms with Gasteiger partial charge >= 0.3 is 0 Å². The fourth-order valence-electron chi connectivity index (χ4n) is 2.42. The summed E-state index contributed by atoms with van der Waals surface area (Å²) in [5, 5.41) is 0. The van der Waals surface area contributed by atoms with Crippen molar-refractivity contribution in [1.82, 2.24) is 4.90 Å².